The van der Waals surface area contributed by atoms with Crippen molar-refractivity contribution in [3.05, 3.63) is 35.7 Å². The Balaban J connectivity index is 2.29. The van der Waals surface area contributed by atoms with Crippen LogP contribution in [-0.4, -0.2) is 35.0 Å². The summed E-state index contributed by atoms with van der Waals surface area (Å²) in [5, 5.41) is 6.49. The molecular formula is C11H14FN5O2S. The maximum atomic E-state index is 13.0. The lowest BCUT2D eigenvalue weighted by Crippen LogP contribution is -2.27. The van der Waals surface area contributed by atoms with Crippen LogP contribution in [0.1, 0.15) is 11.6 Å². The summed E-state index contributed by atoms with van der Waals surface area (Å²) >= 11 is 0. The Morgan fingerprint density at radius 2 is 2.15 bits per heavy atom. The number of benzene rings is 1. The molecule has 0 bridgehead atoms. The molecule has 20 heavy (non-hydrogen) atoms. The monoisotopic (exact) mass is 299 g/mol. The van der Waals surface area contributed by atoms with Crippen LogP contribution in [0.2, 0.25) is 0 Å². The van der Waals surface area contributed by atoms with E-state index in [9.17, 15) is 12.8 Å². The van der Waals surface area contributed by atoms with E-state index in [-0.39, 0.29) is 17.1 Å². The quantitative estimate of drug-likeness (QED) is 0.807. The van der Waals surface area contributed by atoms with Gasteiger partial charge in [-0.25, -0.2) is 17.8 Å². The summed E-state index contributed by atoms with van der Waals surface area (Å²) < 4.78 is 38.7. The number of nitrogens with two attached hydrogens (primary N) is 1. The van der Waals surface area contributed by atoms with Crippen molar-refractivity contribution in [2.45, 2.75) is 18.4 Å². The average molecular weight is 299 g/mol. The first kappa shape index (κ1) is 14.4. The van der Waals surface area contributed by atoms with Gasteiger partial charge >= 0.3 is 0 Å². The highest BCUT2D eigenvalue weighted by atomic mass is 32.2. The van der Waals surface area contributed by atoms with Crippen molar-refractivity contribution in [1.82, 2.24) is 19.5 Å². The second-order valence-electron chi connectivity index (χ2n) is 4.28. The predicted molar refractivity (Wildman–Crippen MR) is 70.6 cm³/mol. The number of aromatic nitrogens is 3. The van der Waals surface area contributed by atoms with Gasteiger partial charge in [0.15, 0.2) is 5.82 Å². The highest BCUT2D eigenvalue weighted by molar-refractivity contribution is 7.89. The summed E-state index contributed by atoms with van der Waals surface area (Å²) in [5.41, 5.74) is 5.42. The van der Waals surface area contributed by atoms with Crippen LogP contribution in [0.4, 0.5) is 10.1 Å². The van der Waals surface area contributed by atoms with Crippen LogP contribution in [0.25, 0.3) is 0 Å². The Bertz CT molecular complexity index is 728. The first-order valence-corrected chi connectivity index (χ1v) is 7.14. The minimum absolute atomic E-state index is 0.0104. The summed E-state index contributed by atoms with van der Waals surface area (Å²) in [6.45, 7) is 1.70. The van der Waals surface area contributed by atoms with Gasteiger partial charge in [0.2, 0.25) is 10.0 Å². The second kappa shape index (κ2) is 5.17. The molecule has 0 saturated carbocycles. The van der Waals surface area contributed by atoms with Crippen molar-refractivity contribution < 1.29 is 12.8 Å². The molecule has 0 amide bonds. The third-order valence-electron chi connectivity index (χ3n) is 2.67. The van der Waals surface area contributed by atoms with Crippen LogP contribution >= 0.6 is 0 Å². The normalized spacial score (nSPS) is 12.0. The molecule has 0 unspecified atom stereocenters. The van der Waals surface area contributed by atoms with Crippen LogP contribution in [-0.2, 0) is 16.6 Å². The van der Waals surface area contributed by atoms with Gasteiger partial charge in [0.05, 0.1) is 12.2 Å². The Morgan fingerprint density at radius 1 is 1.45 bits per heavy atom. The number of halogens is 1. The molecular weight excluding hydrogens is 285 g/mol. The van der Waals surface area contributed by atoms with Gasteiger partial charge in [0.1, 0.15) is 16.5 Å². The highest BCUT2D eigenvalue weighted by Crippen LogP contribution is 2.23. The summed E-state index contributed by atoms with van der Waals surface area (Å²) in [5.74, 6) is 0.343. The van der Waals surface area contributed by atoms with Gasteiger partial charge in [0, 0.05) is 7.05 Å². The topological polar surface area (TPSA) is 105 Å². The molecule has 7 nitrogen and oxygen atoms in total. The van der Waals surface area contributed by atoms with Crippen molar-refractivity contribution in [2.24, 2.45) is 0 Å². The van der Waals surface area contributed by atoms with Crippen LogP contribution in [0, 0.1) is 12.7 Å². The third-order valence-corrected chi connectivity index (χ3v) is 4.54. The maximum absolute atomic E-state index is 13.0. The van der Waals surface area contributed by atoms with E-state index >= 15 is 0 Å². The lowest BCUT2D eigenvalue weighted by atomic mass is 10.3. The van der Waals surface area contributed by atoms with Gasteiger partial charge in [0.25, 0.3) is 0 Å². The SMILES string of the molecule is Cc1nc(CN(C)S(=O)(=O)c2ccc(F)cc2N)n[nH]1. The molecule has 0 saturated heterocycles. The van der Waals surface area contributed by atoms with Crippen molar-refractivity contribution in [3.8, 4) is 0 Å². The number of nitrogen functional groups attached to an aromatic ring is 1. The molecule has 0 atom stereocenters. The molecule has 0 aliphatic heterocycles. The largest absolute Gasteiger partial charge is 0.398 e. The molecule has 2 aromatic rings. The molecule has 0 fully saturated rings. The van der Waals surface area contributed by atoms with E-state index in [1.54, 1.807) is 6.92 Å². The number of aromatic amines is 1. The molecule has 0 aliphatic carbocycles. The number of H-pyrrole nitrogens is 1. The minimum atomic E-state index is -3.83. The Labute approximate surface area is 115 Å². The summed E-state index contributed by atoms with van der Waals surface area (Å²) in [7, 11) is -2.45. The number of aryl methyl sites for hydroxylation is 1. The minimum Gasteiger partial charge on any atom is -0.398 e. The molecule has 3 N–H and O–H groups in total. The van der Waals surface area contributed by atoms with E-state index in [0.717, 1.165) is 22.5 Å². The number of hydrogen-bond donors (Lipinski definition) is 2. The fourth-order valence-corrected chi connectivity index (χ4v) is 2.88. The molecule has 1 aromatic heterocycles. The number of nitrogens with one attached hydrogen (secondary N) is 1. The fourth-order valence-electron chi connectivity index (χ4n) is 1.67. The van der Waals surface area contributed by atoms with Gasteiger partial charge in [-0.3, -0.25) is 5.10 Å². The zero-order valence-electron chi connectivity index (χ0n) is 11.0. The van der Waals surface area contributed by atoms with Crippen molar-refractivity contribution in [1.29, 1.82) is 0 Å². The van der Waals surface area contributed by atoms with Gasteiger partial charge < -0.3 is 5.73 Å². The van der Waals surface area contributed by atoms with Gasteiger partial charge in [-0.05, 0) is 25.1 Å². The first-order chi connectivity index (χ1) is 9.30. The molecule has 2 rings (SSSR count). The molecule has 1 aromatic carbocycles. The maximum Gasteiger partial charge on any atom is 0.245 e. The van der Waals surface area contributed by atoms with E-state index in [1.165, 1.54) is 7.05 Å². The summed E-state index contributed by atoms with van der Waals surface area (Å²) in [6.07, 6.45) is 0. The standard InChI is InChI=1S/C11H14FN5O2S/c1-7-14-11(16-15-7)6-17(2)20(18,19)10-4-3-8(12)5-9(10)13/h3-5H,6,13H2,1-2H3,(H,14,15,16). The van der Waals surface area contributed by atoms with Crippen LogP contribution in [0.3, 0.4) is 0 Å². The van der Waals surface area contributed by atoms with E-state index in [1.807, 2.05) is 0 Å². The van der Waals surface area contributed by atoms with Crippen LogP contribution in [0.15, 0.2) is 23.1 Å². The van der Waals surface area contributed by atoms with Crippen LogP contribution < -0.4 is 5.73 Å². The third kappa shape index (κ3) is 2.78. The molecule has 0 radical (unpaired) electrons. The van der Waals surface area contributed by atoms with E-state index < -0.39 is 15.8 Å². The fraction of sp³-hybridized carbons (Fsp3) is 0.273. The number of nitrogens with zero attached hydrogens (tertiary/aromatic N) is 3. The molecule has 1 heterocycles. The Morgan fingerprint density at radius 3 is 2.70 bits per heavy atom. The predicted octanol–water partition coefficient (Wildman–Crippen LogP) is 0.655. The van der Waals surface area contributed by atoms with Crippen molar-refractivity contribution in [3.63, 3.8) is 0 Å². The molecule has 0 aliphatic rings. The van der Waals surface area contributed by atoms with Gasteiger partial charge in [-0.2, -0.15) is 9.40 Å². The highest BCUT2D eigenvalue weighted by Gasteiger charge is 2.24. The number of anilines is 1. The number of hydrogen-bond acceptors (Lipinski definition) is 5. The zero-order valence-corrected chi connectivity index (χ0v) is 11.8. The Hall–Kier alpha value is -2.00. The van der Waals surface area contributed by atoms with E-state index in [4.69, 9.17) is 5.73 Å². The average Bonchev–Trinajstić information content (AvgIpc) is 2.74. The molecule has 9 heteroatoms. The van der Waals surface area contributed by atoms with E-state index in [2.05, 4.69) is 15.2 Å². The second-order valence-corrected chi connectivity index (χ2v) is 6.29. The van der Waals surface area contributed by atoms with E-state index in [0.29, 0.717) is 11.6 Å². The number of sulfonamides is 1. The van der Waals surface area contributed by atoms with Gasteiger partial charge in [-0.1, -0.05) is 0 Å². The molecule has 108 valence electrons. The first-order valence-electron chi connectivity index (χ1n) is 5.70. The summed E-state index contributed by atoms with van der Waals surface area (Å²) in [6, 6.07) is 3.16. The summed E-state index contributed by atoms with van der Waals surface area (Å²) in [4.78, 5) is 3.89. The van der Waals surface area contributed by atoms with Crippen LogP contribution in [0.5, 0.6) is 0 Å². The van der Waals surface area contributed by atoms with Crippen molar-refractivity contribution in [2.75, 3.05) is 12.8 Å². The number of rotatable bonds is 4. The Kier molecular flexibility index (Phi) is 3.73. The van der Waals surface area contributed by atoms with Gasteiger partial charge in [-0.15, -0.1) is 0 Å². The lowest BCUT2D eigenvalue weighted by Gasteiger charge is -2.16. The van der Waals surface area contributed by atoms with Crippen molar-refractivity contribution >= 4 is 15.7 Å². The molecule has 0 spiro atoms. The zero-order chi connectivity index (χ0) is 14.9. The lowest BCUT2D eigenvalue weighted by molar-refractivity contribution is 0.457. The smallest absolute Gasteiger partial charge is 0.245 e.